The third-order valence-electron chi connectivity index (χ3n) is 3.58. The fraction of sp³-hybridized carbons (Fsp3) is 0.125. The minimum absolute atomic E-state index is 0.240. The Morgan fingerprint density at radius 1 is 1.14 bits per heavy atom. The molecule has 4 rings (SSSR count). The van der Waals surface area contributed by atoms with Crippen LogP contribution in [-0.2, 0) is 6.42 Å². The third-order valence-corrected chi connectivity index (χ3v) is 3.87. The highest BCUT2D eigenvalue weighted by atomic mass is 35.5. The summed E-state index contributed by atoms with van der Waals surface area (Å²) in [6.45, 7) is 0.687. The molecule has 2 heterocycles. The number of fused-ring (bicyclic) bond motifs is 2. The number of benzene rings is 2. The third kappa shape index (κ3) is 2.03. The van der Waals surface area contributed by atoms with E-state index in [-0.39, 0.29) is 10.7 Å². The van der Waals surface area contributed by atoms with Crippen molar-refractivity contribution in [1.29, 1.82) is 0 Å². The molecule has 0 bridgehead atoms. The van der Waals surface area contributed by atoms with Gasteiger partial charge in [0, 0.05) is 17.4 Å². The molecule has 3 aromatic rings. The van der Waals surface area contributed by atoms with Crippen molar-refractivity contribution >= 4 is 22.5 Å². The number of nitrogens with zero attached hydrogens (tertiary/aromatic N) is 2. The molecule has 3 nitrogen and oxygen atoms in total. The van der Waals surface area contributed by atoms with Crippen LogP contribution in [0.4, 0.5) is 4.39 Å². The van der Waals surface area contributed by atoms with E-state index in [0.717, 1.165) is 23.3 Å². The molecule has 104 valence electrons. The predicted octanol–water partition coefficient (Wildman–Crippen LogP) is 4.02. The van der Waals surface area contributed by atoms with E-state index in [1.807, 2.05) is 18.2 Å². The Balaban J connectivity index is 1.92. The molecule has 0 N–H and O–H groups in total. The largest absolute Gasteiger partial charge is 0.493 e. The van der Waals surface area contributed by atoms with Crippen LogP contribution in [-0.4, -0.2) is 16.6 Å². The Kier molecular flexibility index (Phi) is 2.79. The molecule has 21 heavy (non-hydrogen) atoms. The standard InChI is InChI=1S/C16H10ClFN2O/c17-15-11-2-1-3-12(18)14(11)19-16(20-15)10-4-5-13-9(8-10)6-7-21-13/h1-5,8H,6-7H2. The van der Waals surface area contributed by atoms with Gasteiger partial charge in [-0.25, -0.2) is 14.4 Å². The summed E-state index contributed by atoms with van der Waals surface area (Å²) in [5.41, 5.74) is 2.16. The van der Waals surface area contributed by atoms with Crippen molar-refractivity contribution in [3.05, 3.63) is 52.9 Å². The normalized spacial score (nSPS) is 13.2. The highest BCUT2D eigenvalue weighted by Gasteiger charge is 2.15. The van der Waals surface area contributed by atoms with Gasteiger partial charge >= 0.3 is 0 Å². The van der Waals surface area contributed by atoms with E-state index < -0.39 is 5.82 Å². The fourth-order valence-electron chi connectivity index (χ4n) is 2.53. The second kappa shape index (κ2) is 4.67. The van der Waals surface area contributed by atoms with Crippen molar-refractivity contribution in [2.45, 2.75) is 6.42 Å². The number of rotatable bonds is 1. The van der Waals surface area contributed by atoms with Gasteiger partial charge in [0.15, 0.2) is 5.82 Å². The van der Waals surface area contributed by atoms with Crippen molar-refractivity contribution in [3.8, 4) is 17.1 Å². The van der Waals surface area contributed by atoms with E-state index in [1.165, 1.54) is 6.07 Å². The summed E-state index contributed by atoms with van der Waals surface area (Å²) >= 11 is 6.16. The van der Waals surface area contributed by atoms with Gasteiger partial charge in [-0.15, -0.1) is 0 Å². The first-order valence-corrected chi connectivity index (χ1v) is 6.98. The first-order chi connectivity index (χ1) is 10.2. The lowest BCUT2D eigenvalue weighted by Gasteiger charge is -2.06. The van der Waals surface area contributed by atoms with Gasteiger partial charge in [-0.3, -0.25) is 0 Å². The van der Waals surface area contributed by atoms with E-state index >= 15 is 0 Å². The molecular weight excluding hydrogens is 291 g/mol. The van der Waals surface area contributed by atoms with Crippen LogP contribution >= 0.6 is 11.6 Å². The lowest BCUT2D eigenvalue weighted by Crippen LogP contribution is -1.94. The molecule has 5 heteroatoms. The van der Waals surface area contributed by atoms with Gasteiger partial charge in [0.05, 0.1) is 6.61 Å². The average Bonchev–Trinajstić information content (AvgIpc) is 2.95. The summed E-state index contributed by atoms with van der Waals surface area (Å²) in [7, 11) is 0. The molecule has 0 fully saturated rings. The van der Waals surface area contributed by atoms with Crippen molar-refractivity contribution in [2.24, 2.45) is 0 Å². The molecule has 2 aromatic carbocycles. The molecule has 1 aromatic heterocycles. The minimum atomic E-state index is -0.400. The summed E-state index contributed by atoms with van der Waals surface area (Å²) in [6.07, 6.45) is 0.860. The molecule has 0 amide bonds. The Hall–Kier alpha value is -2.20. The molecule has 0 radical (unpaired) electrons. The second-order valence-electron chi connectivity index (χ2n) is 4.89. The zero-order valence-electron chi connectivity index (χ0n) is 10.9. The van der Waals surface area contributed by atoms with E-state index in [0.29, 0.717) is 17.8 Å². The maximum atomic E-state index is 13.9. The van der Waals surface area contributed by atoms with Crippen molar-refractivity contribution in [3.63, 3.8) is 0 Å². The first kappa shape index (κ1) is 12.5. The summed E-state index contributed by atoms with van der Waals surface area (Å²) in [5, 5.41) is 0.774. The second-order valence-corrected chi connectivity index (χ2v) is 5.25. The van der Waals surface area contributed by atoms with Crippen molar-refractivity contribution in [1.82, 2.24) is 9.97 Å². The smallest absolute Gasteiger partial charge is 0.161 e. The molecular formula is C16H10ClFN2O. The Morgan fingerprint density at radius 3 is 2.95 bits per heavy atom. The molecule has 0 atom stereocenters. The zero-order valence-corrected chi connectivity index (χ0v) is 11.7. The summed E-state index contributed by atoms with van der Waals surface area (Å²) < 4.78 is 19.4. The fourth-order valence-corrected chi connectivity index (χ4v) is 2.77. The van der Waals surface area contributed by atoms with Crippen LogP contribution in [0.2, 0.25) is 5.15 Å². The molecule has 1 aliphatic rings. The molecule has 1 aliphatic heterocycles. The molecule has 0 aliphatic carbocycles. The maximum absolute atomic E-state index is 13.9. The topological polar surface area (TPSA) is 35.0 Å². The van der Waals surface area contributed by atoms with Crippen LogP contribution in [0.1, 0.15) is 5.56 Å². The monoisotopic (exact) mass is 300 g/mol. The summed E-state index contributed by atoms with van der Waals surface area (Å²) in [6, 6.07) is 10.4. The van der Waals surface area contributed by atoms with Crippen molar-refractivity contribution in [2.75, 3.05) is 6.61 Å². The van der Waals surface area contributed by atoms with E-state index in [2.05, 4.69) is 9.97 Å². The Labute approximate surface area is 125 Å². The Bertz CT molecular complexity index is 866. The van der Waals surface area contributed by atoms with Crippen molar-refractivity contribution < 1.29 is 9.13 Å². The number of aromatic nitrogens is 2. The number of ether oxygens (including phenoxy) is 1. The van der Waals surface area contributed by atoms with Gasteiger partial charge in [0.1, 0.15) is 22.2 Å². The predicted molar refractivity (Wildman–Crippen MR) is 79.1 cm³/mol. The van der Waals surface area contributed by atoms with Crippen LogP contribution in [0, 0.1) is 5.82 Å². The van der Waals surface area contributed by atoms with Crippen LogP contribution in [0.25, 0.3) is 22.3 Å². The molecule has 0 saturated heterocycles. The minimum Gasteiger partial charge on any atom is -0.493 e. The first-order valence-electron chi connectivity index (χ1n) is 6.60. The van der Waals surface area contributed by atoms with Gasteiger partial charge in [-0.1, -0.05) is 17.7 Å². The average molecular weight is 301 g/mol. The molecule has 0 spiro atoms. The highest BCUT2D eigenvalue weighted by Crippen LogP contribution is 2.31. The van der Waals surface area contributed by atoms with Crippen LogP contribution in [0.15, 0.2) is 36.4 Å². The van der Waals surface area contributed by atoms with Gasteiger partial charge < -0.3 is 4.74 Å². The molecule has 0 saturated carbocycles. The number of hydrogen-bond donors (Lipinski definition) is 0. The lowest BCUT2D eigenvalue weighted by molar-refractivity contribution is 0.357. The summed E-state index contributed by atoms with van der Waals surface area (Å²) in [4.78, 5) is 8.60. The Morgan fingerprint density at radius 2 is 2.05 bits per heavy atom. The SMILES string of the molecule is Fc1cccc2c(Cl)nc(-c3ccc4c(c3)CCO4)nc12. The van der Waals surface area contributed by atoms with Gasteiger partial charge in [-0.2, -0.15) is 0 Å². The highest BCUT2D eigenvalue weighted by molar-refractivity contribution is 6.34. The van der Waals surface area contributed by atoms with E-state index in [9.17, 15) is 4.39 Å². The number of para-hydroxylation sites is 1. The van der Waals surface area contributed by atoms with Crippen LogP contribution in [0.3, 0.4) is 0 Å². The quantitative estimate of drug-likeness (QED) is 0.637. The number of hydrogen-bond acceptors (Lipinski definition) is 3. The van der Waals surface area contributed by atoms with E-state index in [4.69, 9.17) is 16.3 Å². The summed E-state index contributed by atoms with van der Waals surface area (Å²) in [5.74, 6) is 0.909. The van der Waals surface area contributed by atoms with Crippen LogP contribution < -0.4 is 4.74 Å². The van der Waals surface area contributed by atoms with E-state index in [1.54, 1.807) is 12.1 Å². The van der Waals surface area contributed by atoms with Gasteiger partial charge in [0.25, 0.3) is 0 Å². The number of halogens is 2. The lowest BCUT2D eigenvalue weighted by atomic mass is 10.1. The molecule has 0 unspecified atom stereocenters. The van der Waals surface area contributed by atoms with Gasteiger partial charge in [-0.05, 0) is 35.9 Å². The van der Waals surface area contributed by atoms with Gasteiger partial charge in [0.2, 0.25) is 0 Å². The van der Waals surface area contributed by atoms with Crippen LogP contribution in [0.5, 0.6) is 5.75 Å². The maximum Gasteiger partial charge on any atom is 0.161 e. The zero-order chi connectivity index (χ0) is 14.4.